The molecule has 5 heteroatoms. The fraction of sp³-hybridized carbons (Fsp3) is 0.562. The van der Waals surface area contributed by atoms with Crippen LogP contribution in [0, 0.1) is 5.41 Å². The van der Waals surface area contributed by atoms with Gasteiger partial charge in [0.05, 0.1) is 19.6 Å². The van der Waals surface area contributed by atoms with Gasteiger partial charge in [-0.1, -0.05) is 6.92 Å². The zero-order chi connectivity index (χ0) is 15.5. The van der Waals surface area contributed by atoms with Gasteiger partial charge < -0.3 is 14.6 Å². The molecule has 2 rings (SSSR count). The Balaban J connectivity index is 2.14. The van der Waals surface area contributed by atoms with Gasteiger partial charge in [0.1, 0.15) is 11.5 Å². The standard InChI is InChI=1S/C16H23NO4/c1-4-16(15(18)19)7-8-17(11-16)10-12-9-13(20-2)5-6-14(12)21-3/h5-6,9H,4,7-8,10-11H2,1-3H3,(H,18,19). The third-order valence-electron chi connectivity index (χ3n) is 4.44. The second-order valence-corrected chi connectivity index (χ2v) is 5.58. The first-order chi connectivity index (χ1) is 10.0. The molecule has 1 N–H and O–H groups in total. The average Bonchev–Trinajstić information content (AvgIpc) is 2.92. The van der Waals surface area contributed by atoms with Crippen LogP contribution in [0.1, 0.15) is 25.3 Å². The molecular formula is C16H23NO4. The maximum absolute atomic E-state index is 11.5. The predicted octanol–water partition coefficient (Wildman–Crippen LogP) is 2.39. The number of nitrogens with zero attached hydrogens (tertiary/aromatic N) is 1. The van der Waals surface area contributed by atoms with E-state index in [-0.39, 0.29) is 0 Å². The maximum Gasteiger partial charge on any atom is 0.310 e. The van der Waals surface area contributed by atoms with Crippen LogP contribution in [0.4, 0.5) is 0 Å². The molecule has 0 spiro atoms. The lowest BCUT2D eigenvalue weighted by Crippen LogP contribution is -2.33. The smallest absolute Gasteiger partial charge is 0.310 e. The summed E-state index contributed by atoms with van der Waals surface area (Å²) in [7, 11) is 3.27. The van der Waals surface area contributed by atoms with Crippen molar-refractivity contribution in [2.24, 2.45) is 5.41 Å². The zero-order valence-electron chi connectivity index (χ0n) is 12.9. The Bertz CT molecular complexity index is 517. The van der Waals surface area contributed by atoms with Crippen molar-refractivity contribution in [2.75, 3.05) is 27.3 Å². The molecule has 1 saturated heterocycles. The molecule has 5 nitrogen and oxygen atoms in total. The zero-order valence-corrected chi connectivity index (χ0v) is 12.9. The Morgan fingerprint density at radius 1 is 1.38 bits per heavy atom. The van der Waals surface area contributed by atoms with Gasteiger partial charge in [-0.05, 0) is 37.6 Å². The van der Waals surface area contributed by atoms with Crippen molar-refractivity contribution >= 4 is 5.97 Å². The molecule has 1 aliphatic heterocycles. The minimum Gasteiger partial charge on any atom is -0.497 e. The van der Waals surface area contributed by atoms with E-state index in [1.165, 1.54) is 0 Å². The number of methoxy groups -OCH3 is 2. The normalized spacial score (nSPS) is 22.2. The SMILES string of the molecule is CCC1(C(=O)O)CCN(Cc2cc(OC)ccc2OC)C1. The van der Waals surface area contributed by atoms with Crippen LogP contribution in [-0.2, 0) is 11.3 Å². The number of carbonyl (C=O) groups is 1. The molecule has 0 saturated carbocycles. The highest BCUT2D eigenvalue weighted by Gasteiger charge is 2.43. The Morgan fingerprint density at radius 3 is 2.67 bits per heavy atom. The second-order valence-electron chi connectivity index (χ2n) is 5.58. The van der Waals surface area contributed by atoms with E-state index in [2.05, 4.69) is 4.90 Å². The molecular weight excluding hydrogens is 270 g/mol. The predicted molar refractivity (Wildman–Crippen MR) is 79.8 cm³/mol. The summed E-state index contributed by atoms with van der Waals surface area (Å²) >= 11 is 0. The van der Waals surface area contributed by atoms with Gasteiger partial charge in [-0.2, -0.15) is 0 Å². The molecule has 1 aromatic rings. The molecule has 0 amide bonds. The van der Waals surface area contributed by atoms with Crippen LogP contribution >= 0.6 is 0 Å². The van der Waals surface area contributed by atoms with E-state index in [9.17, 15) is 9.90 Å². The van der Waals surface area contributed by atoms with Gasteiger partial charge in [0.15, 0.2) is 0 Å². The molecule has 1 heterocycles. The fourth-order valence-electron chi connectivity index (χ4n) is 2.95. The van der Waals surface area contributed by atoms with Crippen LogP contribution in [0.15, 0.2) is 18.2 Å². The Labute approximate surface area is 125 Å². The number of carboxylic acids is 1. The van der Waals surface area contributed by atoms with Crippen LogP contribution < -0.4 is 9.47 Å². The van der Waals surface area contributed by atoms with E-state index < -0.39 is 11.4 Å². The number of rotatable bonds is 6. The van der Waals surface area contributed by atoms with Gasteiger partial charge in [0, 0.05) is 18.7 Å². The number of aliphatic carboxylic acids is 1. The fourth-order valence-corrected chi connectivity index (χ4v) is 2.95. The minimum atomic E-state index is -0.690. The van der Waals surface area contributed by atoms with Gasteiger partial charge in [0.25, 0.3) is 0 Å². The molecule has 0 radical (unpaired) electrons. The lowest BCUT2D eigenvalue weighted by atomic mass is 9.84. The van der Waals surface area contributed by atoms with Crippen molar-refractivity contribution in [1.29, 1.82) is 0 Å². The van der Waals surface area contributed by atoms with Gasteiger partial charge in [-0.3, -0.25) is 9.69 Å². The molecule has 0 aromatic heterocycles. The quantitative estimate of drug-likeness (QED) is 0.872. The van der Waals surface area contributed by atoms with Crippen molar-refractivity contribution < 1.29 is 19.4 Å². The first kappa shape index (κ1) is 15.6. The Kier molecular flexibility index (Phi) is 4.73. The van der Waals surface area contributed by atoms with Crippen LogP contribution in [0.5, 0.6) is 11.5 Å². The maximum atomic E-state index is 11.5. The molecule has 0 aliphatic carbocycles. The minimum absolute atomic E-state index is 0.583. The number of ether oxygens (including phenoxy) is 2. The molecule has 1 unspecified atom stereocenters. The highest BCUT2D eigenvalue weighted by atomic mass is 16.5. The highest BCUT2D eigenvalue weighted by Crippen LogP contribution is 2.36. The lowest BCUT2D eigenvalue weighted by molar-refractivity contribution is -0.148. The summed E-state index contributed by atoms with van der Waals surface area (Å²) in [6.07, 6.45) is 1.36. The van der Waals surface area contributed by atoms with Gasteiger partial charge >= 0.3 is 5.97 Å². The first-order valence-electron chi connectivity index (χ1n) is 7.21. The van der Waals surface area contributed by atoms with Gasteiger partial charge in [0.2, 0.25) is 0 Å². The number of hydrogen-bond acceptors (Lipinski definition) is 4. The van der Waals surface area contributed by atoms with Crippen LogP contribution in [0.3, 0.4) is 0 Å². The molecule has 0 bridgehead atoms. The number of benzene rings is 1. The van der Waals surface area contributed by atoms with Crippen molar-refractivity contribution in [1.82, 2.24) is 4.90 Å². The summed E-state index contributed by atoms with van der Waals surface area (Å²) in [6, 6.07) is 5.69. The molecule has 1 fully saturated rings. The molecule has 1 aromatic carbocycles. The number of hydrogen-bond donors (Lipinski definition) is 1. The van der Waals surface area contributed by atoms with Crippen LogP contribution in [0.25, 0.3) is 0 Å². The summed E-state index contributed by atoms with van der Waals surface area (Å²) in [5, 5.41) is 9.46. The third kappa shape index (κ3) is 3.13. The van der Waals surface area contributed by atoms with Crippen molar-refractivity contribution in [3.8, 4) is 11.5 Å². The number of carboxylic acid groups (broad SMARTS) is 1. The third-order valence-corrected chi connectivity index (χ3v) is 4.44. The molecule has 21 heavy (non-hydrogen) atoms. The van der Waals surface area contributed by atoms with Crippen molar-refractivity contribution in [2.45, 2.75) is 26.3 Å². The highest BCUT2D eigenvalue weighted by molar-refractivity contribution is 5.75. The largest absolute Gasteiger partial charge is 0.497 e. The van der Waals surface area contributed by atoms with Crippen molar-refractivity contribution in [3.05, 3.63) is 23.8 Å². The summed E-state index contributed by atoms with van der Waals surface area (Å²) < 4.78 is 10.6. The monoisotopic (exact) mass is 293 g/mol. The topological polar surface area (TPSA) is 59.0 Å². The Hall–Kier alpha value is -1.75. The average molecular weight is 293 g/mol. The first-order valence-corrected chi connectivity index (χ1v) is 7.21. The Morgan fingerprint density at radius 2 is 2.14 bits per heavy atom. The second kappa shape index (κ2) is 6.35. The van der Waals surface area contributed by atoms with E-state index in [1.807, 2.05) is 25.1 Å². The lowest BCUT2D eigenvalue weighted by Gasteiger charge is -2.23. The van der Waals surface area contributed by atoms with E-state index in [1.54, 1.807) is 14.2 Å². The van der Waals surface area contributed by atoms with E-state index in [0.29, 0.717) is 25.9 Å². The van der Waals surface area contributed by atoms with Crippen LogP contribution in [0.2, 0.25) is 0 Å². The molecule has 1 aliphatic rings. The van der Waals surface area contributed by atoms with Crippen molar-refractivity contribution in [3.63, 3.8) is 0 Å². The van der Waals surface area contributed by atoms with Gasteiger partial charge in [-0.25, -0.2) is 0 Å². The van der Waals surface area contributed by atoms with E-state index in [0.717, 1.165) is 23.6 Å². The summed E-state index contributed by atoms with van der Waals surface area (Å²) in [6.45, 7) is 4.00. The van der Waals surface area contributed by atoms with Gasteiger partial charge in [-0.15, -0.1) is 0 Å². The molecule has 116 valence electrons. The van der Waals surface area contributed by atoms with E-state index >= 15 is 0 Å². The molecule has 1 atom stereocenters. The van der Waals surface area contributed by atoms with Crippen LogP contribution in [-0.4, -0.2) is 43.3 Å². The summed E-state index contributed by atoms with van der Waals surface area (Å²) in [5.41, 5.74) is 0.417. The van der Waals surface area contributed by atoms with E-state index in [4.69, 9.17) is 9.47 Å². The summed E-state index contributed by atoms with van der Waals surface area (Å²) in [4.78, 5) is 13.7. The number of likely N-dealkylation sites (tertiary alicyclic amines) is 1. The summed E-state index contributed by atoms with van der Waals surface area (Å²) in [5.74, 6) is 0.898.